The van der Waals surface area contributed by atoms with Crippen LogP contribution in [-0.4, -0.2) is 28.0 Å². The van der Waals surface area contributed by atoms with Crippen LogP contribution in [0.2, 0.25) is 0 Å². The lowest BCUT2D eigenvalue weighted by molar-refractivity contribution is 0.181. The average Bonchev–Trinajstić information content (AvgIpc) is 2.93. The second kappa shape index (κ2) is 6.60. The van der Waals surface area contributed by atoms with E-state index < -0.39 is 0 Å². The maximum Gasteiger partial charge on any atom is 0.259 e. The molecule has 2 aromatic heterocycles. The van der Waals surface area contributed by atoms with Crippen LogP contribution in [0.25, 0.3) is 10.2 Å². The zero-order valence-corrected chi connectivity index (χ0v) is 15.5. The summed E-state index contributed by atoms with van der Waals surface area (Å²) in [4.78, 5) is 25.3. The van der Waals surface area contributed by atoms with Crippen molar-refractivity contribution in [2.75, 3.05) is 7.05 Å². The van der Waals surface area contributed by atoms with Gasteiger partial charge in [0.2, 0.25) is 0 Å². The molecule has 0 spiro atoms. The summed E-state index contributed by atoms with van der Waals surface area (Å²) in [6.45, 7) is 3.05. The molecule has 0 unspecified atom stereocenters. The topological polar surface area (TPSA) is 49.0 Å². The van der Waals surface area contributed by atoms with Crippen LogP contribution in [0.3, 0.4) is 0 Å². The van der Waals surface area contributed by atoms with Crippen LogP contribution in [0, 0.1) is 5.92 Å². The van der Waals surface area contributed by atoms with E-state index in [9.17, 15) is 4.79 Å². The SMILES string of the molecule is C[C@H]1CCc2c(sc3nc(CN(C)C4CCCCC4)[nH]c(=O)c23)C1. The molecule has 2 heterocycles. The van der Waals surface area contributed by atoms with Gasteiger partial charge in [-0.25, -0.2) is 4.98 Å². The molecule has 0 saturated heterocycles. The fourth-order valence-electron chi connectivity index (χ4n) is 4.36. The molecule has 1 N–H and O–H groups in total. The maximum atomic E-state index is 12.7. The maximum absolute atomic E-state index is 12.7. The quantitative estimate of drug-likeness (QED) is 0.918. The van der Waals surface area contributed by atoms with Gasteiger partial charge >= 0.3 is 0 Å². The number of nitrogens with zero attached hydrogens (tertiary/aromatic N) is 2. The minimum atomic E-state index is 0.0686. The van der Waals surface area contributed by atoms with E-state index in [-0.39, 0.29) is 5.56 Å². The largest absolute Gasteiger partial charge is 0.309 e. The monoisotopic (exact) mass is 345 g/mol. The van der Waals surface area contributed by atoms with Crippen LogP contribution in [0.15, 0.2) is 4.79 Å². The number of aryl methyl sites for hydroxylation is 1. The smallest absolute Gasteiger partial charge is 0.259 e. The molecule has 1 saturated carbocycles. The van der Waals surface area contributed by atoms with Crippen molar-refractivity contribution in [2.45, 2.75) is 70.9 Å². The summed E-state index contributed by atoms with van der Waals surface area (Å²) in [7, 11) is 2.17. The molecule has 4 nitrogen and oxygen atoms in total. The lowest BCUT2D eigenvalue weighted by Gasteiger charge is -2.30. The Balaban J connectivity index is 1.62. The van der Waals surface area contributed by atoms with Crippen molar-refractivity contribution in [3.63, 3.8) is 0 Å². The fraction of sp³-hybridized carbons (Fsp3) is 0.684. The second-order valence-corrected chi connectivity index (χ2v) is 8.84. The molecule has 0 amide bonds. The molecule has 2 aliphatic rings. The third kappa shape index (κ3) is 3.04. The molecule has 130 valence electrons. The highest BCUT2D eigenvalue weighted by Gasteiger charge is 2.24. The normalized spacial score (nSPS) is 22.2. The van der Waals surface area contributed by atoms with Gasteiger partial charge in [0.25, 0.3) is 5.56 Å². The molecule has 0 radical (unpaired) electrons. The number of hydrogen-bond donors (Lipinski definition) is 1. The number of aromatic amines is 1. The van der Waals surface area contributed by atoms with Gasteiger partial charge in [-0.2, -0.15) is 0 Å². The number of thiophene rings is 1. The summed E-state index contributed by atoms with van der Waals surface area (Å²) in [6.07, 6.45) is 9.88. The molecule has 0 aromatic carbocycles. The average molecular weight is 346 g/mol. The van der Waals surface area contributed by atoms with E-state index in [2.05, 4.69) is 23.9 Å². The highest BCUT2D eigenvalue weighted by molar-refractivity contribution is 7.18. The van der Waals surface area contributed by atoms with Gasteiger partial charge < -0.3 is 4.98 Å². The zero-order valence-electron chi connectivity index (χ0n) is 14.7. The van der Waals surface area contributed by atoms with E-state index >= 15 is 0 Å². The van der Waals surface area contributed by atoms with E-state index in [4.69, 9.17) is 4.98 Å². The van der Waals surface area contributed by atoms with Crippen molar-refractivity contribution < 1.29 is 0 Å². The van der Waals surface area contributed by atoms with Gasteiger partial charge in [-0.1, -0.05) is 26.2 Å². The van der Waals surface area contributed by atoms with Gasteiger partial charge in [-0.3, -0.25) is 9.69 Å². The third-order valence-electron chi connectivity index (χ3n) is 5.81. The molecule has 24 heavy (non-hydrogen) atoms. The minimum Gasteiger partial charge on any atom is -0.309 e. The molecular weight excluding hydrogens is 318 g/mol. The highest BCUT2D eigenvalue weighted by Crippen LogP contribution is 2.35. The third-order valence-corrected chi connectivity index (χ3v) is 6.96. The van der Waals surface area contributed by atoms with Gasteiger partial charge in [0, 0.05) is 10.9 Å². The molecular formula is C19H27N3OS. The van der Waals surface area contributed by atoms with Crippen molar-refractivity contribution >= 4 is 21.6 Å². The Labute approximate surface area is 147 Å². The molecule has 5 heteroatoms. The molecule has 4 rings (SSSR count). The van der Waals surface area contributed by atoms with E-state index in [1.54, 1.807) is 11.3 Å². The van der Waals surface area contributed by atoms with Crippen LogP contribution >= 0.6 is 11.3 Å². The summed E-state index contributed by atoms with van der Waals surface area (Å²) in [6, 6.07) is 0.636. The van der Waals surface area contributed by atoms with E-state index in [1.165, 1.54) is 49.0 Å². The first kappa shape index (κ1) is 16.3. The molecule has 2 aliphatic carbocycles. The number of fused-ring (bicyclic) bond motifs is 3. The van der Waals surface area contributed by atoms with Crippen LogP contribution in [-0.2, 0) is 19.4 Å². The first-order valence-corrected chi connectivity index (χ1v) is 10.2. The first-order valence-electron chi connectivity index (χ1n) is 9.35. The number of rotatable bonds is 3. The highest BCUT2D eigenvalue weighted by atomic mass is 32.1. The predicted molar refractivity (Wildman–Crippen MR) is 99.8 cm³/mol. The van der Waals surface area contributed by atoms with E-state index in [1.807, 2.05) is 0 Å². The van der Waals surface area contributed by atoms with Crippen molar-refractivity contribution in [2.24, 2.45) is 5.92 Å². The first-order chi connectivity index (χ1) is 11.6. The van der Waals surface area contributed by atoms with Crippen molar-refractivity contribution in [1.29, 1.82) is 0 Å². The number of aromatic nitrogens is 2. The second-order valence-electron chi connectivity index (χ2n) is 7.75. The molecule has 0 aliphatic heterocycles. The predicted octanol–water partition coefficient (Wildman–Crippen LogP) is 3.87. The van der Waals surface area contributed by atoms with Gasteiger partial charge in [-0.05, 0) is 50.6 Å². The molecule has 1 atom stereocenters. The summed E-state index contributed by atoms with van der Waals surface area (Å²) in [5, 5.41) is 0.867. The van der Waals surface area contributed by atoms with Gasteiger partial charge in [-0.15, -0.1) is 11.3 Å². The van der Waals surface area contributed by atoms with Crippen molar-refractivity contribution in [3.05, 3.63) is 26.6 Å². The minimum absolute atomic E-state index is 0.0686. The molecule has 0 bridgehead atoms. The van der Waals surface area contributed by atoms with Crippen molar-refractivity contribution in [3.8, 4) is 0 Å². The lowest BCUT2D eigenvalue weighted by atomic mass is 9.89. The number of hydrogen-bond acceptors (Lipinski definition) is 4. The van der Waals surface area contributed by atoms with Crippen molar-refractivity contribution in [1.82, 2.24) is 14.9 Å². The number of nitrogens with one attached hydrogen (secondary N) is 1. The van der Waals surface area contributed by atoms with Gasteiger partial charge in [0.15, 0.2) is 0 Å². The Hall–Kier alpha value is -1.20. The van der Waals surface area contributed by atoms with E-state index in [0.717, 1.165) is 41.3 Å². The molecule has 1 fully saturated rings. The van der Waals surface area contributed by atoms with Crippen LogP contribution in [0.5, 0.6) is 0 Å². The number of H-pyrrole nitrogens is 1. The fourth-order valence-corrected chi connectivity index (χ4v) is 5.76. The summed E-state index contributed by atoms with van der Waals surface area (Å²) < 4.78 is 0. The van der Waals surface area contributed by atoms with Gasteiger partial charge in [0.1, 0.15) is 10.7 Å². The van der Waals surface area contributed by atoms with E-state index in [0.29, 0.717) is 6.04 Å². The lowest BCUT2D eigenvalue weighted by Crippen LogP contribution is -2.34. The Morgan fingerprint density at radius 1 is 1.25 bits per heavy atom. The Morgan fingerprint density at radius 2 is 2.04 bits per heavy atom. The standard InChI is InChI=1S/C19H27N3OS/c1-12-8-9-14-15(10-12)24-19-17(14)18(23)20-16(21-19)11-22(2)13-6-4-3-5-7-13/h12-13H,3-11H2,1-2H3,(H,20,21,23)/t12-/m0/s1. The van der Waals surface area contributed by atoms with Crippen LogP contribution in [0.4, 0.5) is 0 Å². The van der Waals surface area contributed by atoms with Gasteiger partial charge in [0.05, 0.1) is 11.9 Å². The van der Waals surface area contributed by atoms with Crippen LogP contribution < -0.4 is 5.56 Å². The Kier molecular flexibility index (Phi) is 4.48. The summed E-state index contributed by atoms with van der Waals surface area (Å²) >= 11 is 1.74. The van der Waals surface area contributed by atoms with Crippen LogP contribution in [0.1, 0.15) is 61.7 Å². The molecule has 2 aromatic rings. The summed E-state index contributed by atoms with van der Waals surface area (Å²) in [5.74, 6) is 1.55. The summed E-state index contributed by atoms with van der Waals surface area (Å²) in [5.41, 5.74) is 1.34. The Bertz CT molecular complexity index is 788. The Morgan fingerprint density at radius 3 is 2.83 bits per heavy atom. The zero-order chi connectivity index (χ0) is 16.7.